The van der Waals surface area contributed by atoms with Crippen LogP contribution >= 0.6 is 11.3 Å². The van der Waals surface area contributed by atoms with Crippen LogP contribution in [0.3, 0.4) is 0 Å². The van der Waals surface area contributed by atoms with Crippen molar-refractivity contribution in [2.75, 3.05) is 52.0 Å². The van der Waals surface area contributed by atoms with Crippen molar-refractivity contribution in [2.24, 2.45) is 5.92 Å². The predicted octanol–water partition coefficient (Wildman–Crippen LogP) is 1.74. The highest BCUT2D eigenvalue weighted by molar-refractivity contribution is 7.13. The van der Waals surface area contributed by atoms with Crippen molar-refractivity contribution < 1.29 is 9.47 Å². The third kappa shape index (κ3) is 4.70. The summed E-state index contributed by atoms with van der Waals surface area (Å²) >= 11 is 1.74. The first-order chi connectivity index (χ1) is 9.83. The maximum absolute atomic E-state index is 5.28. The molecule has 1 aromatic heterocycles. The zero-order valence-electron chi connectivity index (χ0n) is 12.4. The average molecular weight is 299 g/mol. The number of aromatic nitrogens is 1. The van der Waals surface area contributed by atoms with Gasteiger partial charge in [-0.25, -0.2) is 4.98 Å². The van der Waals surface area contributed by atoms with Gasteiger partial charge < -0.3 is 19.7 Å². The van der Waals surface area contributed by atoms with Crippen LogP contribution in [0.15, 0.2) is 5.38 Å². The number of hydrogen-bond acceptors (Lipinski definition) is 6. The Morgan fingerprint density at radius 3 is 3.15 bits per heavy atom. The molecular weight excluding hydrogens is 274 g/mol. The normalized spacial score (nSPS) is 19.5. The van der Waals surface area contributed by atoms with Crippen molar-refractivity contribution in [1.29, 1.82) is 0 Å². The second-order valence-corrected chi connectivity index (χ2v) is 6.04. The maximum atomic E-state index is 5.28. The van der Waals surface area contributed by atoms with Crippen LogP contribution in [-0.2, 0) is 16.0 Å². The summed E-state index contributed by atoms with van der Waals surface area (Å²) in [6, 6.07) is 0. The lowest BCUT2D eigenvalue weighted by atomic mass is 9.99. The van der Waals surface area contributed by atoms with E-state index in [1.54, 1.807) is 25.6 Å². The first kappa shape index (κ1) is 15.7. The van der Waals surface area contributed by atoms with E-state index in [4.69, 9.17) is 14.5 Å². The van der Waals surface area contributed by atoms with Crippen LogP contribution in [0, 0.1) is 5.92 Å². The molecule has 1 N–H and O–H groups in total. The lowest BCUT2D eigenvalue weighted by Gasteiger charge is -2.32. The number of methoxy groups -OCH3 is 2. The van der Waals surface area contributed by atoms with Crippen molar-refractivity contribution in [2.45, 2.75) is 19.4 Å². The molecular formula is C14H25N3O2S. The lowest BCUT2D eigenvalue weighted by molar-refractivity contribution is 0.143. The Labute approximate surface area is 125 Å². The van der Waals surface area contributed by atoms with Crippen molar-refractivity contribution in [1.82, 2.24) is 10.3 Å². The van der Waals surface area contributed by atoms with E-state index in [-0.39, 0.29) is 0 Å². The van der Waals surface area contributed by atoms with Crippen molar-refractivity contribution in [3.63, 3.8) is 0 Å². The van der Waals surface area contributed by atoms with E-state index in [0.717, 1.165) is 50.2 Å². The number of ether oxygens (including phenoxy) is 2. The Morgan fingerprint density at radius 1 is 1.45 bits per heavy atom. The predicted molar refractivity (Wildman–Crippen MR) is 82.5 cm³/mol. The first-order valence-electron chi connectivity index (χ1n) is 7.21. The van der Waals surface area contributed by atoms with E-state index < -0.39 is 0 Å². The fourth-order valence-corrected chi connectivity index (χ4v) is 3.39. The standard InChI is InChI=1S/C14H25N3O2S/c1-18-7-5-15-8-13-11-20-14(16-13)17-6-3-4-12(9-17)10-19-2/h11-12,15H,3-10H2,1-2H3. The summed E-state index contributed by atoms with van der Waals surface area (Å²) in [5.41, 5.74) is 1.12. The number of thiazole rings is 1. The van der Waals surface area contributed by atoms with Gasteiger partial charge >= 0.3 is 0 Å². The molecule has 0 aliphatic carbocycles. The number of nitrogens with zero attached hydrogens (tertiary/aromatic N) is 2. The van der Waals surface area contributed by atoms with Crippen molar-refractivity contribution in [3.05, 3.63) is 11.1 Å². The summed E-state index contributed by atoms with van der Waals surface area (Å²) in [6.45, 7) is 5.45. The fourth-order valence-electron chi connectivity index (χ4n) is 2.52. The number of nitrogens with one attached hydrogen (secondary N) is 1. The highest BCUT2D eigenvalue weighted by atomic mass is 32.1. The molecule has 2 rings (SSSR count). The quantitative estimate of drug-likeness (QED) is 0.741. The van der Waals surface area contributed by atoms with Gasteiger partial charge in [0.1, 0.15) is 0 Å². The lowest BCUT2D eigenvalue weighted by Crippen LogP contribution is -2.37. The van der Waals surface area contributed by atoms with Gasteiger partial charge in [0.2, 0.25) is 0 Å². The Balaban J connectivity index is 1.81. The molecule has 1 fully saturated rings. The summed E-state index contributed by atoms with van der Waals surface area (Å²) in [7, 11) is 3.50. The molecule has 1 atom stereocenters. The second kappa shape index (κ2) is 8.56. The molecule has 2 heterocycles. The van der Waals surface area contributed by atoms with Crippen LogP contribution in [-0.4, -0.2) is 52.1 Å². The summed E-state index contributed by atoms with van der Waals surface area (Å²) in [5.74, 6) is 0.640. The minimum Gasteiger partial charge on any atom is -0.384 e. The highest BCUT2D eigenvalue weighted by Gasteiger charge is 2.21. The molecule has 1 saturated heterocycles. The van der Waals surface area contributed by atoms with Crippen molar-refractivity contribution >= 4 is 16.5 Å². The minimum absolute atomic E-state index is 0.640. The Morgan fingerprint density at radius 2 is 2.35 bits per heavy atom. The molecule has 0 amide bonds. The van der Waals surface area contributed by atoms with Gasteiger partial charge in [-0.15, -0.1) is 11.3 Å². The van der Waals surface area contributed by atoms with Gasteiger partial charge in [-0.1, -0.05) is 0 Å². The molecule has 20 heavy (non-hydrogen) atoms. The summed E-state index contributed by atoms with van der Waals surface area (Å²) in [5, 5.41) is 6.62. The maximum Gasteiger partial charge on any atom is 0.185 e. The molecule has 6 heteroatoms. The van der Waals surface area contributed by atoms with Crippen LogP contribution in [0.25, 0.3) is 0 Å². The van der Waals surface area contributed by atoms with Gasteiger partial charge in [0.15, 0.2) is 5.13 Å². The monoisotopic (exact) mass is 299 g/mol. The Hall–Kier alpha value is -0.690. The van der Waals surface area contributed by atoms with Crippen LogP contribution in [0.1, 0.15) is 18.5 Å². The average Bonchev–Trinajstić information content (AvgIpc) is 2.93. The van der Waals surface area contributed by atoms with E-state index in [2.05, 4.69) is 15.6 Å². The van der Waals surface area contributed by atoms with Crippen LogP contribution < -0.4 is 10.2 Å². The molecule has 114 valence electrons. The third-order valence-corrected chi connectivity index (χ3v) is 4.47. The van der Waals surface area contributed by atoms with Gasteiger partial charge in [-0.3, -0.25) is 0 Å². The molecule has 0 saturated carbocycles. The minimum atomic E-state index is 0.640. The molecule has 0 radical (unpaired) electrons. The molecule has 1 aliphatic heterocycles. The fraction of sp³-hybridized carbons (Fsp3) is 0.786. The zero-order chi connectivity index (χ0) is 14.2. The highest BCUT2D eigenvalue weighted by Crippen LogP contribution is 2.26. The van der Waals surface area contributed by atoms with Crippen LogP contribution in [0.2, 0.25) is 0 Å². The smallest absolute Gasteiger partial charge is 0.185 e. The molecule has 5 nitrogen and oxygen atoms in total. The van der Waals surface area contributed by atoms with Crippen LogP contribution in [0.5, 0.6) is 0 Å². The van der Waals surface area contributed by atoms with E-state index in [0.29, 0.717) is 5.92 Å². The van der Waals surface area contributed by atoms with Gasteiger partial charge in [-0.05, 0) is 18.8 Å². The Bertz CT molecular complexity index is 384. The van der Waals surface area contributed by atoms with E-state index >= 15 is 0 Å². The third-order valence-electron chi connectivity index (χ3n) is 3.52. The van der Waals surface area contributed by atoms with E-state index in [1.165, 1.54) is 12.8 Å². The van der Waals surface area contributed by atoms with Crippen molar-refractivity contribution in [3.8, 4) is 0 Å². The van der Waals surface area contributed by atoms with E-state index in [1.807, 2.05) is 0 Å². The van der Waals surface area contributed by atoms with Gasteiger partial charge in [-0.2, -0.15) is 0 Å². The van der Waals surface area contributed by atoms with Gasteiger partial charge in [0.25, 0.3) is 0 Å². The molecule has 0 aromatic carbocycles. The van der Waals surface area contributed by atoms with Crippen LogP contribution in [0.4, 0.5) is 5.13 Å². The van der Waals surface area contributed by atoms with Gasteiger partial charge in [0.05, 0.1) is 18.9 Å². The number of anilines is 1. The topological polar surface area (TPSA) is 46.6 Å². The first-order valence-corrected chi connectivity index (χ1v) is 8.09. The number of hydrogen-bond donors (Lipinski definition) is 1. The molecule has 1 aliphatic rings. The van der Waals surface area contributed by atoms with E-state index in [9.17, 15) is 0 Å². The number of rotatable bonds is 8. The SMILES string of the molecule is COCCNCc1csc(N2CCCC(COC)C2)n1. The summed E-state index contributed by atoms with van der Waals surface area (Å²) < 4.78 is 10.3. The Kier molecular flexibility index (Phi) is 6.72. The second-order valence-electron chi connectivity index (χ2n) is 5.20. The summed E-state index contributed by atoms with van der Waals surface area (Å²) in [6.07, 6.45) is 2.50. The molecule has 0 bridgehead atoms. The van der Waals surface area contributed by atoms with Gasteiger partial charge in [0, 0.05) is 45.8 Å². The summed E-state index contributed by atoms with van der Waals surface area (Å²) in [4.78, 5) is 7.13. The molecule has 1 unspecified atom stereocenters. The largest absolute Gasteiger partial charge is 0.384 e. The number of piperidine rings is 1. The zero-order valence-corrected chi connectivity index (χ0v) is 13.2. The molecule has 1 aromatic rings. The molecule has 0 spiro atoms.